The summed E-state index contributed by atoms with van der Waals surface area (Å²) in [5, 5.41) is 0.635. The van der Waals surface area contributed by atoms with Crippen LogP contribution in [0.5, 0.6) is 0 Å². The Hall–Kier alpha value is -0.240. The van der Waals surface area contributed by atoms with Crippen molar-refractivity contribution in [2.24, 2.45) is 5.92 Å². The number of hydrogen-bond acceptors (Lipinski definition) is 1. The van der Waals surface area contributed by atoms with Gasteiger partial charge in [-0.15, -0.1) is 0 Å². The van der Waals surface area contributed by atoms with Gasteiger partial charge in [-0.1, -0.05) is 32.1 Å². The van der Waals surface area contributed by atoms with Crippen molar-refractivity contribution in [1.82, 2.24) is 0 Å². The summed E-state index contributed by atoms with van der Waals surface area (Å²) in [4.78, 5) is 0. The highest BCUT2D eigenvalue weighted by Gasteiger charge is 2.26. The SMILES string of the molecule is C=C(F)CC(C=CCCC)C1CCS1. The molecule has 0 aromatic heterocycles. The molecular formula is C12H19FS. The molecule has 0 bridgehead atoms. The van der Waals surface area contributed by atoms with E-state index in [0.29, 0.717) is 17.6 Å². The molecule has 0 aliphatic carbocycles. The Morgan fingerprint density at radius 3 is 2.86 bits per heavy atom. The third-order valence-electron chi connectivity index (χ3n) is 2.51. The average molecular weight is 214 g/mol. The van der Waals surface area contributed by atoms with Crippen LogP contribution >= 0.6 is 11.8 Å². The molecule has 0 nitrogen and oxygen atoms in total. The summed E-state index contributed by atoms with van der Waals surface area (Å²) in [6.07, 6.45) is 8.39. The van der Waals surface area contributed by atoms with Gasteiger partial charge in [0.1, 0.15) is 0 Å². The number of thioether (sulfide) groups is 1. The van der Waals surface area contributed by atoms with Crippen LogP contribution in [0.25, 0.3) is 0 Å². The van der Waals surface area contributed by atoms with Crippen LogP contribution in [0, 0.1) is 5.92 Å². The van der Waals surface area contributed by atoms with Gasteiger partial charge in [0.2, 0.25) is 0 Å². The van der Waals surface area contributed by atoms with E-state index in [-0.39, 0.29) is 5.83 Å². The van der Waals surface area contributed by atoms with Crippen LogP contribution in [0.2, 0.25) is 0 Å². The Balaban J connectivity index is 2.39. The van der Waals surface area contributed by atoms with Crippen molar-refractivity contribution in [1.29, 1.82) is 0 Å². The molecule has 1 saturated heterocycles. The molecule has 0 aromatic carbocycles. The molecule has 0 radical (unpaired) electrons. The Labute approximate surface area is 90.7 Å². The lowest BCUT2D eigenvalue weighted by molar-refractivity contribution is 0.495. The third-order valence-corrected chi connectivity index (χ3v) is 3.99. The lowest BCUT2D eigenvalue weighted by Crippen LogP contribution is -2.24. The van der Waals surface area contributed by atoms with E-state index in [2.05, 4.69) is 25.7 Å². The molecule has 80 valence electrons. The van der Waals surface area contributed by atoms with Crippen LogP contribution in [0.1, 0.15) is 32.6 Å². The second-order valence-electron chi connectivity index (χ2n) is 3.80. The Morgan fingerprint density at radius 2 is 2.43 bits per heavy atom. The standard InChI is InChI=1S/C12H19FS/c1-3-4-5-6-11(9-10(2)13)12-7-8-14-12/h5-6,11-12H,2-4,7-9H2,1H3. The largest absolute Gasteiger partial charge is 0.212 e. The lowest BCUT2D eigenvalue weighted by Gasteiger charge is -2.31. The zero-order valence-electron chi connectivity index (χ0n) is 8.84. The molecule has 1 fully saturated rings. The van der Waals surface area contributed by atoms with E-state index in [1.54, 1.807) is 0 Å². The first-order valence-corrected chi connectivity index (χ1v) is 6.40. The highest BCUT2D eigenvalue weighted by atomic mass is 32.2. The van der Waals surface area contributed by atoms with Crippen LogP contribution in [-0.4, -0.2) is 11.0 Å². The smallest absolute Gasteiger partial charge is 0.0934 e. The molecule has 2 heteroatoms. The minimum atomic E-state index is -0.177. The molecule has 0 spiro atoms. The zero-order chi connectivity index (χ0) is 10.4. The highest BCUT2D eigenvalue weighted by Crippen LogP contribution is 2.37. The van der Waals surface area contributed by atoms with E-state index in [4.69, 9.17) is 0 Å². The van der Waals surface area contributed by atoms with Gasteiger partial charge in [-0.3, -0.25) is 0 Å². The molecule has 1 rings (SSSR count). The molecule has 0 N–H and O–H groups in total. The van der Waals surface area contributed by atoms with Crippen molar-refractivity contribution in [3.8, 4) is 0 Å². The predicted octanol–water partition coefficient (Wildman–Crippen LogP) is 4.34. The Bertz CT molecular complexity index is 206. The zero-order valence-corrected chi connectivity index (χ0v) is 9.65. The second kappa shape index (κ2) is 6.28. The summed E-state index contributed by atoms with van der Waals surface area (Å²) in [5.41, 5.74) is 0. The fourth-order valence-corrected chi connectivity index (χ4v) is 2.55. The van der Waals surface area contributed by atoms with Crippen LogP contribution in [0.15, 0.2) is 24.6 Å². The van der Waals surface area contributed by atoms with Crippen LogP contribution in [0.3, 0.4) is 0 Å². The summed E-state index contributed by atoms with van der Waals surface area (Å²) in [6.45, 7) is 5.51. The molecule has 0 saturated carbocycles. The summed E-state index contributed by atoms with van der Waals surface area (Å²) >= 11 is 1.95. The van der Waals surface area contributed by atoms with Crippen molar-refractivity contribution >= 4 is 11.8 Å². The average Bonchev–Trinajstić information content (AvgIpc) is 2.00. The second-order valence-corrected chi connectivity index (χ2v) is 5.15. The van der Waals surface area contributed by atoms with E-state index in [9.17, 15) is 4.39 Å². The molecule has 0 aromatic rings. The maximum atomic E-state index is 12.7. The Kier molecular flexibility index (Phi) is 5.31. The quantitative estimate of drug-likeness (QED) is 0.593. The van der Waals surface area contributed by atoms with Crippen LogP contribution in [0.4, 0.5) is 4.39 Å². The predicted molar refractivity (Wildman–Crippen MR) is 63.3 cm³/mol. The van der Waals surface area contributed by atoms with E-state index in [1.165, 1.54) is 12.2 Å². The molecule has 1 aliphatic rings. The summed E-state index contributed by atoms with van der Waals surface area (Å²) in [5.74, 6) is 1.43. The van der Waals surface area contributed by atoms with Crippen molar-refractivity contribution in [3.05, 3.63) is 24.6 Å². The first-order valence-electron chi connectivity index (χ1n) is 5.35. The summed E-state index contributed by atoms with van der Waals surface area (Å²) in [7, 11) is 0. The monoisotopic (exact) mass is 214 g/mol. The fourth-order valence-electron chi connectivity index (χ4n) is 1.61. The van der Waals surface area contributed by atoms with E-state index in [0.717, 1.165) is 12.8 Å². The van der Waals surface area contributed by atoms with E-state index < -0.39 is 0 Å². The highest BCUT2D eigenvalue weighted by molar-refractivity contribution is 8.01. The molecule has 2 atom stereocenters. The van der Waals surface area contributed by atoms with Gasteiger partial charge < -0.3 is 0 Å². The van der Waals surface area contributed by atoms with Crippen molar-refractivity contribution in [3.63, 3.8) is 0 Å². The van der Waals surface area contributed by atoms with E-state index in [1.807, 2.05) is 11.8 Å². The molecule has 1 heterocycles. The summed E-state index contributed by atoms with van der Waals surface area (Å²) in [6, 6.07) is 0. The topological polar surface area (TPSA) is 0 Å². The number of hydrogen-bond donors (Lipinski definition) is 0. The number of rotatable bonds is 6. The molecule has 1 aliphatic heterocycles. The molecule has 0 amide bonds. The number of unbranched alkanes of at least 4 members (excludes halogenated alkanes) is 1. The molecular weight excluding hydrogens is 195 g/mol. The number of halogens is 1. The van der Waals surface area contributed by atoms with Gasteiger partial charge in [0.25, 0.3) is 0 Å². The van der Waals surface area contributed by atoms with Gasteiger partial charge in [-0.05, 0) is 24.5 Å². The van der Waals surface area contributed by atoms with Gasteiger partial charge in [0.05, 0.1) is 5.83 Å². The van der Waals surface area contributed by atoms with Gasteiger partial charge in [0.15, 0.2) is 0 Å². The van der Waals surface area contributed by atoms with Gasteiger partial charge in [-0.2, -0.15) is 11.8 Å². The third kappa shape index (κ3) is 3.87. The van der Waals surface area contributed by atoms with Crippen molar-refractivity contribution < 1.29 is 4.39 Å². The van der Waals surface area contributed by atoms with Crippen LogP contribution in [-0.2, 0) is 0 Å². The normalized spacial score (nSPS) is 23.4. The van der Waals surface area contributed by atoms with Gasteiger partial charge in [0, 0.05) is 11.7 Å². The molecule has 2 unspecified atom stereocenters. The van der Waals surface area contributed by atoms with Gasteiger partial charge >= 0.3 is 0 Å². The fraction of sp³-hybridized carbons (Fsp3) is 0.667. The maximum absolute atomic E-state index is 12.7. The first-order chi connectivity index (χ1) is 6.74. The molecule has 14 heavy (non-hydrogen) atoms. The van der Waals surface area contributed by atoms with Gasteiger partial charge in [-0.25, -0.2) is 4.39 Å². The lowest BCUT2D eigenvalue weighted by atomic mass is 9.97. The van der Waals surface area contributed by atoms with Crippen molar-refractivity contribution in [2.75, 3.05) is 5.75 Å². The van der Waals surface area contributed by atoms with Crippen LogP contribution < -0.4 is 0 Å². The maximum Gasteiger partial charge on any atom is 0.0934 e. The Morgan fingerprint density at radius 1 is 1.71 bits per heavy atom. The first kappa shape index (κ1) is 11.8. The minimum absolute atomic E-state index is 0.177. The number of allylic oxidation sites excluding steroid dienone is 3. The summed E-state index contributed by atoms with van der Waals surface area (Å²) < 4.78 is 12.7. The minimum Gasteiger partial charge on any atom is -0.212 e. The van der Waals surface area contributed by atoms with Crippen molar-refractivity contribution in [2.45, 2.75) is 37.9 Å². The van der Waals surface area contributed by atoms with E-state index >= 15 is 0 Å².